The molecule has 0 saturated carbocycles. The third-order valence-electron chi connectivity index (χ3n) is 5.69. The fourth-order valence-corrected chi connectivity index (χ4v) is 12.5. The minimum atomic E-state index is -1.35. The molecule has 0 unspecified atom stereocenters. The predicted octanol–water partition coefficient (Wildman–Crippen LogP) is 5.17. The Morgan fingerprint density at radius 1 is 0.722 bits per heavy atom. The van der Waals surface area contributed by atoms with Gasteiger partial charge in [0.15, 0.2) is 0 Å². The summed E-state index contributed by atoms with van der Waals surface area (Å²) < 4.78 is 0. The monoisotopic (exact) mass is 314 g/mol. The molecule has 0 bridgehead atoms. The third kappa shape index (κ3) is 4.51. The van der Waals surface area contributed by atoms with E-state index < -0.39 is 30.4 Å². The summed E-state index contributed by atoms with van der Waals surface area (Å²) in [5.41, 5.74) is 3.18. The highest BCUT2D eigenvalue weighted by molar-refractivity contribution is 7.44. The first-order valence-electron chi connectivity index (χ1n) is 7.25. The van der Waals surface area contributed by atoms with Crippen molar-refractivity contribution < 1.29 is 0 Å². The summed E-state index contributed by atoms with van der Waals surface area (Å²) in [6, 6.07) is 2.98. The van der Waals surface area contributed by atoms with Gasteiger partial charge >= 0.3 is 0 Å². The minimum absolute atomic E-state index is 0.910. The van der Waals surface area contributed by atoms with E-state index in [-0.39, 0.29) is 0 Å². The van der Waals surface area contributed by atoms with E-state index in [0.29, 0.717) is 0 Å². The van der Waals surface area contributed by atoms with Gasteiger partial charge in [-0.25, -0.2) is 0 Å². The third-order valence-corrected chi connectivity index (χ3v) is 41.3. The molecule has 106 valence electrons. The molecule has 0 aromatic heterocycles. The van der Waals surface area contributed by atoms with Gasteiger partial charge in [0.1, 0.15) is 7.59 Å². The molecule has 0 fully saturated rings. The second kappa shape index (κ2) is 5.82. The number of hydrogen-bond donors (Lipinski definition) is 0. The zero-order valence-corrected chi connectivity index (χ0v) is 18.2. The van der Waals surface area contributed by atoms with Gasteiger partial charge in [0.25, 0.3) is 0 Å². The topological polar surface area (TPSA) is 0 Å². The molecule has 0 radical (unpaired) electrons. The van der Waals surface area contributed by atoms with Gasteiger partial charge < -0.3 is 0 Å². The lowest BCUT2D eigenvalue weighted by Crippen LogP contribution is -2.55. The summed E-state index contributed by atoms with van der Waals surface area (Å²) in [5.74, 6) is 0. The van der Waals surface area contributed by atoms with Crippen LogP contribution in [0, 0.1) is 12.0 Å². The number of hydrogen-bond acceptors (Lipinski definition) is 0. The molecular formula is C14H34Si4. The highest BCUT2D eigenvalue weighted by Crippen LogP contribution is 2.30. The van der Waals surface area contributed by atoms with E-state index in [0.717, 1.165) is 0 Å². The summed E-state index contributed by atoms with van der Waals surface area (Å²) >= 11 is 0. The Kier molecular flexibility index (Phi) is 5.96. The van der Waals surface area contributed by atoms with Gasteiger partial charge in [-0.2, -0.15) is 0 Å². The average molecular weight is 315 g/mol. The molecule has 0 aliphatic carbocycles. The van der Waals surface area contributed by atoms with Gasteiger partial charge in [-0.15, -0.1) is 12.0 Å². The van der Waals surface area contributed by atoms with Crippen LogP contribution >= 0.6 is 0 Å². The second-order valence-electron chi connectivity index (χ2n) is 8.64. The van der Waals surface area contributed by atoms with Gasteiger partial charge in [0.2, 0.25) is 0 Å². The lowest BCUT2D eigenvalue weighted by atomic mass is 10.6. The van der Waals surface area contributed by atoms with Crippen LogP contribution in [0.5, 0.6) is 0 Å². The number of terminal acetylenes is 1. The molecule has 18 heavy (non-hydrogen) atoms. The van der Waals surface area contributed by atoms with Crippen molar-refractivity contribution in [3.05, 3.63) is 0 Å². The first kappa shape index (κ1) is 18.4. The van der Waals surface area contributed by atoms with E-state index in [1.54, 1.807) is 0 Å². The molecule has 0 rings (SSSR count). The molecule has 0 aliphatic heterocycles. The van der Waals surface area contributed by atoms with E-state index in [1.165, 1.54) is 18.5 Å². The zero-order valence-electron chi connectivity index (χ0n) is 14.2. The molecule has 0 N–H and O–H groups in total. The van der Waals surface area contributed by atoms with Crippen molar-refractivity contribution in [3.63, 3.8) is 0 Å². The van der Waals surface area contributed by atoms with Crippen LogP contribution < -0.4 is 0 Å². The summed E-state index contributed by atoms with van der Waals surface area (Å²) in [7, 11) is -4.36. The molecule has 0 saturated heterocycles. The molecule has 0 nitrogen and oxygen atoms in total. The van der Waals surface area contributed by atoms with Crippen molar-refractivity contribution in [1.29, 1.82) is 0 Å². The Morgan fingerprint density at radius 2 is 1.11 bits per heavy atom. The van der Waals surface area contributed by atoms with Gasteiger partial charge in [-0.3, -0.25) is 0 Å². The first-order chi connectivity index (χ1) is 7.77. The molecule has 0 spiro atoms. The molecule has 0 amide bonds. The van der Waals surface area contributed by atoms with Crippen molar-refractivity contribution in [2.24, 2.45) is 0 Å². The molecule has 0 atom stereocenters. The highest BCUT2D eigenvalue weighted by Gasteiger charge is 2.41. The summed E-state index contributed by atoms with van der Waals surface area (Å²) in [5, 5.41) is 0. The van der Waals surface area contributed by atoms with E-state index in [4.69, 9.17) is 6.42 Å². The summed E-state index contributed by atoms with van der Waals surface area (Å²) in [4.78, 5) is 0. The molecule has 0 aromatic rings. The Morgan fingerprint density at radius 3 is 1.44 bits per heavy atom. The molecule has 0 heterocycles. The van der Waals surface area contributed by atoms with E-state index in [1.807, 2.05) is 0 Å². The molecule has 4 heteroatoms. The smallest absolute Gasteiger partial charge is 0.123 e. The predicted molar refractivity (Wildman–Crippen MR) is 98.9 cm³/mol. The summed E-state index contributed by atoms with van der Waals surface area (Å²) in [6.07, 6.45) is 7.23. The molecular weight excluding hydrogens is 280 g/mol. The Labute approximate surface area is 120 Å². The normalized spacial score (nSPS) is 14.4. The van der Waals surface area contributed by atoms with Gasteiger partial charge in [0, 0.05) is 15.2 Å². The van der Waals surface area contributed by atoms with E-state index in [2.05, 4.69) is 64.5 Å². The average Bonchev–Trinajstić information content (AvgIpc) is 2.14. The van der Waals surface area contributed by atoms with Crippen molar-refractivity contribution in [1.82, 2.24) is 0 Å². The van der Waals surface area contributed by atoms with E-state index >= 15 is 0 Å². The van der Waals surface area contributed by atoms with Crippen LogP contribution in [0.4, 0.5) is 0 Å². The van der Waals surface area contributed by atoms with Gasteiger partial charge in [0.05, 0.1) is 7.59 Å². The van der Waals surface area contributed by atoms with Crippen LogP contribution in [-0.2, 0) is 0 Å². The standard InChI is InChI=1S/C14H34Si4/c1-11-16(5,6)18(9,10)14-12-13-17(7,8)15(2,3)4/h1H,12-14H2,2-10H3. The quantitative estimate of drug-likeness (QED) is 0.469. The van der Waals surface area contributed by atoms with Gasteiger partial charge in [-0.1, -0.05) is 77.4 Å². The molecule has 0 aromatic carbocycles. The van der Waals surface area contributed by atoms with Gasteiger partial charge in [-0.05, 0) is 0 Å². The van der Waals surface area contributed by atoms with Crippen molar-refractivity contribution >= 4 is 30.4 Å². The fraction of sp³-hybridized carbons (Fsp3) is 0.857. The number of rotatable bonds is 6. The van der Waals surface area contributed by atoms with Crippen LogP contribution in [0.25, 0.3) is 0 Å². The van der Waals surface area contributed by atoms with Crippen molar-refractivity contribution in [2.45, 2.75) is 77.4 Å². The largest absolute Gasteiger partial charge is 0.138 e. The summed E-state index contributed by atoms with van der Waals surface area (Å²) in [6.45, 7) is 22.8. The first-order valence-corrected chi connectivity index (χ1v) is 22.2. The maximum absolute atomic E-state index is 5.78. The van der Waals surface area contributed by atoms with Crippen LogP contribution in [0.3, 0.4) is 0 Å². The maximum Gasteiger partial charge on any atom is 0.123 e. The second-order valence-corrected chi connectivity index (χ2v) is 41.6. The highest BCUT2D eigenvalue weighted by atomic mass is 29.3. The van der Waals surface area contributed by atoms with Crippen LogP contribution in [0.1, 0.15) is 6.42 Å². The SMILES string of the molecule is C#C[Si](C)(C)[Si](C)(C)CCC[Si](C)(C)[Si](C)(C)C. The van der Waals surface area contributed by atoms with Crippen molar-refractivity contribution in [3.8, 4) is 12.0 Å². The minimum Gasteiger partial charge on any atom is -0.138 e. The zero-order chi connectivity index (χ0) is 14.8. The maximum atomic E-state index is 5.78. The van der Waals surface area contributed by atoms with Crippen LogP contribution in [0.2, 0.25) is 71.0 Å². The lowest BCUT2D eigenvalue weighted by molar-refractivity contribution is 1.03. The van der Waals surface area contributed by atoms with Crippen molar-refractivity contribution in [2.75, 3.05) is 0 Å². The fourth-order valence-electron chi connectivity index (χ4n) is 1.86. The van der Waals surface area contributed by atoms with Crippen LogP contribution in [0.15, 0.2) is 0 Å². The Bertz CT molecular complexity index is 316. The Balaban J connectivity index is 4.51. The van der Waals surface area contributed by atoms with Crippen LogP contribution in [-0.4, -0.2) is 30.4 Å². The molecule has 0 aliphatic rings. The Hall–Kier alpha value is 0.428. The lowest BCUT2D eigenvalue weighted by Gasteiger charge is -2.38. The van der Waals surface area contributed by atoms with E-state index in [9.17, 15) is 0 Å².